The maximum atomic E-state index is 5.19. The minimum Gasteiger partial charge on any atom is -0.497 e. The van der Waals surface area contributed by atoms with Crippen LogP contribution >= 0.6 is 0 Å². The minimum absolute atomic E-state index is 0.705. The summed E-state index contributed by atoms with van der Waals surface area (Å²) in [6, 6.07) is 9.17. The van der Waals surface area contributed by atoms with Gasteiger partial charge in [0.2, 0.25) is 0 Å². The molecule has 2 nitrogen and oxygen atoms in total. The van der Waals surface area contributed by atoms with Crippen molar-refractivity contribution in [3.63, 3.8) is 0 Å². The van der Waals surface area contributed by atoms with Crippen LogP contribution in [0, 0.1) is 0 Å². The molecule has 0 unspecified atom stereocenters. The maximum Gasteiger partial charge on any atom is 0.118 e. The summed E-state index contributed by atoms with van der Waals surface area (Å²) in [5.41, 5.74) is 3.10. The van der Waals surface area contributed by atoms with Crippen LogP contribution < -0.4 is 10.1 Å². The van der Waals surface area contributed by atoms with Crippen LogP contribution in [0.2, 0.25) is 0 Å². The Balaban J connectivity index is 1.62. The molecule has 21 heavy (non-hydrogen) atoms. The van der Waals surface area contributed by atoms with Crippen molar-refractivity contribution >= 4 is 0 Å². The molecule has 1 aliphatic rings. The van der Waals surface area contributed by atoms with Crippen LogP contribution in [0.4, 0.5) is 0 Å². The molecular weight excluding hydrogens is 258 g/mol. The Morgan fingerprint density at radius 2 is 1.95 bits per heavy atom. The number of rotatable bonds is 8. The van der Waals surface area contributed by atoms with Crippen molar-refractivity contribution < 1.29 is 10.1 Å². The van der Waals surface area contributed by atoms with Gasteiger partial charge in [-0.05, 0) is 56.7 Å². The standard InChI is InChI=1S/C19H29NO/c1-16(20-15-14-17-6-4-3-5-7-17)8-9-18-10-12-19(21-2)13-11-18/h6,10-13,16,20H,3-5,7-9,14-15H2,1-2H3/p+1/t16-/m1/s1. The summed E-state index contributed by atoms with van der Waals surface area (Å²) in [4.78, 5) is 0. The summed E-state index contributed by atoms with van der Waals surface area (Å²) in [7, 11) is 1.72. The predicted octanol–water partition coefficient (Wildman–Crippen LogP) is 3.47. The van der Waals surface area contributed by atoms with Gasteiger partial charge in [-0.2, -0.15) is 0 Å². The Hall–Kier alpha value is -1.28. The van der Waals surface area contributed by atoms with Crippen LogP contribution in [0.5, 0.6) is 5.75 Å². The van der Waals surface area contributed by atoms with Crippen LogP contribution in [-0.2, 0) is 6.42 Å². The number of ether oxygens (including phenoxy) is 1. The third-order valence-corrected chi connectivity index (χ3v) is 4.47. The molecule has 2 rings (SSSR count). The number of methoxy groups -OCH3 is 1. The van der Waals surface area contributed by atoms with Crippen LogP contribution in [0.3, 0.4) is 0 Å². The highest BCUT2D eigenvalue weighted by Crippen LogP contribution is 2.19. The molecule has 0 fully saturated rings. The molecule has 0 amide bonds. The zero-order chi connectivity index (χ0) is 14.9. The highest BCUT2D eigenvalue weighted by molar-refractivity contribution is 5.27. The lowest BCUT2D eigenvalue weighted by Gasteiger charge is -2.14. The van der Waals surface area contributed by atoms with E-state index in [1.807, 2.05) is 0 Å². The molecule has 0 saturated heterocycles. The molecule has 0 radical (unpaired) electrons. The van der Waals surface area contributed by atoms with E-state index >= 15 is 0 Å². The zero-order valence-corrected chi connectivity index (χ0v) is 13.6. The second-order valence-electron chi connectivity index (χ2n) is 6.25. The number of allylic oxidation sites excluding steroid dienone is 1. The molecular formula is C19H30NO+. The monoisotopic (exact) mass is 288 g/mol. The summed E-state index contributed by atoms with van der Waals surface area (Å²) in [6.45, 7) is 3.59. The topological polar surface area (TPSA) is 25.8 Å². The molecule has 0 aromatic heterocycles. The highest BCUT2D eigenvalue weighted by atomic mass is 16.5. The molecule has 0 heterocycles. The van der Waals surface area contributed by atoms with Gasteiger partial charge in [0.1, 0.15) is 5.75 Å². The molecule has 0 aliphatic heterocycles. The van der Waals surface area contributed by atoms with Crippen molar-refractivity contribution in [1.29, 1.82) is 0 Å². The van der Waals surface area contributed by atoms with Gasteiger partial charge in [-0.25, -0.2) is 0 Å². The summed E-state index contributed by atoms with van der Waals surface area (Å²) >= 11 is 0. The average molecular weight is 288 g/mol. The predicted molar refractivity (Wildman–Crippen MR) is 88.7 cm³/mol. The lowest BCUT2D eigenvalue weighted by molar-refractivity contribution is -0.686. The Morgan fingerprint density at radius 3 is 2.62 bits per heavy atom. The van der Waals surface area contributed by atoms with Crippen LogP contribution in [-0.4, -0.2) is 19.7 Å². The van der Waals surface area contributed by atoms with Gasteiger partial charge in [0.15, 0.2) is 0 Å². The average Bonchev–Trinajstić information content (AvgIpc) is 2.54. The second-order valence-corrected chi connectivity index (χ2v) is 6.25. The van der Waals surface area contributed by atoms with Crippen molar-refractivity contribution in [2.24, 2.45) is 0 Å². The van der Waals surface area contributed by atoms with E-state index in [-0.39, 0.29) is 0 Å². The Kier molecular flexibility index (Phi) is 6.81. The van der Waals surface area contributed by atoms with E-state index < -0.39 is 0 Å². The van der Waals surface area contributed by atoms with Crippen LogP contribution in [0.25, 0.3) is 0 Å². The fourth-order valence-corrected chi connectivity index (χ4v) is 2.99. The summed E-state index contributed by atoms with van der Waals surface area (Å²) in [6.07, 6.45) is 11.6. The van der Waals surface area contributed by atoms with E-state index in [4.69, 9.17) is 4.74 Å². The number of quaternary nitrogens is 1. The Morgan fingerprint density at radius 1 is 1.14 bits per heavy atom. The molecule has 1 aromatic carbocycles. The molecule has 0 spiro atoms. The minimum atomic E-state index is 0.705. The molecule has 1 aromatic rings. The Bertz CT molecular complexity index is 435. The van der Waals surface area contributed by atoms with Crippen molar-refractivity contribution in [1.82, 2.24) is 0 Å². The molecule has 1 aliphatic carbocycles. The quantitative estimate of drug-likeness (QED) is 0.728. The van der Waals surface area contributed by atoms with Gasteiger partial charge >= 0.3 is 0 Å². The van der Waals surface area contributed by atoms with Crippen molar-refractivity contribution in [2.45, 2.75) is 57.9 Å². The number of hydrogen-bond donors (Lipinski definition) is 1. The molecule has 2 N–H and O–H groups in total. The van der Waals surface area contributed by atoms with E-state index in [0.29, 0.717) is 6.04 Å². The number of nitrogens with two attached hydrogens (primary N) is 1. The summed E-state index contributed by atoms with van der Waals surface area (Å²) in [5, 5.41) is 2.51. The first-order valence-electron chi connectivity index (χ1n) is 8.42. The van der Waals surface area contributed by atoms with E-state index in [0.717, 1.165) is 12.2 Å². The van der Waals surface area contributed by atoms with Crippen molar-refractivity contribution in [3.05, 3.63) is 41.5 Å². The van der Waals surface area contributed by atoms with Gasteiger partial charge in [0, 0.05) is 12.8 Å². The van der Waals surface area contributed by atoms with Gasteiger partial charge in [0.05, 0.1) is 19.7 Å². The highest BCUT2D eigenvalue weighted by Gasteiger charge is 2.08. The third kappa shape index (κ3) is 5.92. The van der Waals surface area contributed by atoms with Gasteiger partial charge in [0.25, 0.3) is 0 Å². The molecule has 1 atom stereocenters. The van der Waals surface area contributed by atoms with E-state index in [1.54, 1.807) is 12.7 Å². The second kappa shape index (κ2) is 8.89. The SMILES string of the molecule is COc1ccc(CC[C@@H](C)[NH2+]CCC2=CCCCC2)cc1. The Labute approximate surface area is 129 Å². The normalized spacial score (nSPS) is 16.4. The third-order valence-electron chi connectivity index (χ3n) is 4.47. The zero-order valence-electron chi connectivity index (χ0n) is 13.6. The van der Waals surface area contributed by atoms with Gasteiger partial charge in [-0.1, -0.05) is 23.8 Å². The fourth-order valence-electron chi connectivity index (χ4n) is 2.99. The smallest absolute Gasteiger partial charge is 0.118 e. The van der Waals surface area contributed by atoms with Gasteiger partial charge in [-0.3, -0.25) is 0 Å². The summed E-state index contributed by atoms with van der Waals surface area (Å²) < 4.78 is 5.19. The first kappa shape index (κ1) is 16.1. The first-order chi connectivity index (χ1) is 10.3. The van der Waals surface area contributed by atoms with E-state index in [9.17, 15) is 0 Å². The number of hydrogen-bond acceptors (Lipinski definition) is 1. The first-order valence-corrected chi connectivity index (χ1v) is 8.42. The van der Waals surface area contributed by atoms with Crippen molar-refractivity contribution in [2.75, 3.05) is 13.7 Å². The molecule has 0 saturated carbocycles. The van der Waals surface area contributed by atoms with E-state index in [1.165, 1.54) is 50.6 Å². The van der Waals surface area contributed by atoms with Crippen molar-refractivity contribution in [3.8, 4) is 5.75 Å². The molecule has 2 heteroatoms. The lowest BCUT2D eigenvalue weighted by Crippen LogP contribution is -2.89. The summed E-state index contributed by atoms with van der Waals surface area (Å²) in [5.74, 6) is 0.944. The maximum absolute atomic E-state index is 5.19. The van der Waals surface area contributed by atoms with Gasteiger partial charge < -0.3 is 10.1 Å². The number of aryl methyl sites for hydroxylation is 1. The van der Waals surface area contributed by atoms with E-state index in [2.05, 4.69) is 42.6 Å². The number of benzene rings is 1. The largest absolute Gasteiger partial charge is 0.497 e. The molecule has 116 valence electrons. The lowest BCUT2D eigenvalue weighted by atomic mass is 9.97. The van der Waals surface area contributed by atoms with Crippen LogP contribution in [0.1, 0.15) is 51.0 Å². The van der Waals surface area contributed by atoms with Crippen LogP contribution in [0.15, 0.2) is 35.9 Å². The molecule has 0 bridgehead atoms. The fraction of sp³-hybridized carbons (Fsp3) is 0.579. The van der Waals surface area contributed by atoms with Gasteiger partial charge in [-0.15, -0.1) is 0 Å².